The molecule has 6 nitrogen and oxygen atoms in total. The number of nitrogens with zero attached hydrogens (tertiary/aromatic N) is 4. The van der Waals surface area contributed by atoms with Crippen LogP contribution in [0.5, 0.6) is 5.75 Å². The minimum atomic E-state index is -0.738. The number of fused-ring (bicyclic) bond motifs is 13. The molecule has 5 aliphatic carbocycles. The Kier molecular flexibility index (Phi) is 13.1. The van der Waals surface area contributed by atoms with E-state index >= 15 is 0 Å². The molecule has 16 rings (SSSR count). The number of para-hydroxylation sites is 3. The van der Waals surface area contributed by atoms with Crippen LogP contribution in [-0.4, -0.2) is 18.2 Å². The molecule has 0 N–H and O–H groups in total. The van der Waals surface area contributed by atoms with Crippen LogP contribution < -0.4 is 14.5 Å². The van der Waals surface area contributed by atoms with Gasteiger partial charge in [0.1, 0.15) is 17.4 Å². The van der Waals surface area contributed by atoms with Crippen LogP contribution in [-0.2, 0) is 11.8 Å². The molecule has 6 aliphatic rings. The van der Waals surface area contributed by atoms with E-state index in [4.69, 9.17) is 9.15 Å². The average Bonchev–Trinajstić information content (AvgIpc) is 1.49. The Morgan fingerprint density at radius 1 is 0.622 bits per heavy atom. The van der Waals surface area contributed by atoms with Gasteiger partial charge in [0.05, 0.1) is 41.2 Å². The van der Waals surface area contributed by atoms with E-state index in [0.29, 0.717) is 17.6 Å². The van der Waals surface area contributed by atoms with Gasteiger partial charge in [0.2, 0.25) is 0 Å². The quantitative estimate of drug-likeness (QED) is 0.136. The predicted octanol–water partition coefficient (Wildman–Crippen LogP) is 20.0. The Bertz CT molecular complexity index is 4990. The summed E-state index contributed by atoms with van der Waals surface area (Å²) in [5.41, 5.74) is 23.7. The summed E-state index contributed by atoms with van der Waals surface area (Å²) in [6, 6.07) is 71.6. The summed E-state index contributed by atoms with van der Waals surface area (Å²) in [5.74, 6) is 0.658. The molecule has 0 radical (unpaired) electrons. The topological polar surface area (TPSA) is 76.4 Å². The predicted molar refractivity (Wildman–Crippen MR) is 368 cm³/mol. The molecule has 0 saturated heterocycles. The number of allylic oxidation sites excluding steroid dienone is 9. The van der Waals surface area contributed by atoms with Gasteiger partial charge in [-0.2, -0.15) is 10.5 Å². The van der Waals surface area contributed by atoms with Crippen LogP contribution in [0.1, 0.15) is 99.9 Å². The minimum absolute atomic E-state index is 0.0654. The molecule has 8 unspecified atom stereocenters. The Hall–Kier alpha value is -10.4. The maximum absolute atomic E-state index is 10.4. The lowest BCUT2D eigenvalue weighted by molar-refractivity contribution is 0.243. The first-order valence-corrected chi connectivity index (χ1v) is 31.9. The van der Waals surface area contributed by atoms with Crippen molar-refractivity contribution in [2.45, 2.75) is 83.9 Å². The van der Waals surface area contributed by atoms with E-state index in [1.807, 2.05) is 18.2 Å². The zero-order chi connectivity index (χ0) is 61.1. The van der Waals surface area contributed by atoms with E-state index in [1.54, 1.807) is 0 Å². The number of aryl methyl sites for hydroxylation is 4. The fourth-order valence-corrected chi connectivity index (χ4v) is 17.1. The molecule has 0 fully saturated rings. The summed E-state index contributed by atoms with van der Waals surface area (Å²) in [4.78, 5) is 5.10. The highest BCUT2D eigenvalue weighted by atomic mass is 16.5. The lowest BCUT2D eigenvalue weighted by atomic mass is 9.52. The van der Waals surface area contributed by atoms with E-state index in [0.717, 1.165) is 79.1 Å². The van der Waals surface area contributed by atoms with Crippen LogP contribution in [0.2, 0.25) is 0 Å². The molecule has 1 aromatic heterocycles. The third kappa shape index (κ3) is 8.13. The van der Waals surface area contributed by atoms with E-state index < -0.39 is 5.41 Å². The van der Waals surface area contributed by atoms with Gasteiger partial charge in [-0.1, -0.05) is 214 Å². The number of rotatable bonds is 10. The highest BCUT2D eigenvalue weighted by Crippen LogP contribution is 2.69. The van der Waals surface area contributed by atoms with Crippen LogP contribution in [0.15, 0.2) is 252 Å². The monoisotopic (exact) mass is 1160 g/mol. The van der Waals surface area contributed by atoms with Gasteiger partial charge < -0.3 is 19.0 Å². The smallest absolute Gasteiger partial charge is 0.159 e. The number of hydrogen-bond acceptors (Lipinski definition) is 6. The Morgan fingerprint density at radius 3 is 2.11 bits per heavy atom. The first-order valence-electron chi connectivity index (χ1n) is 31.9. The molecule has 0 saturated carbocycles. The van der Waals surface area contributed by atoms with Crippen LogP contribution in [0.4, 0.5) is 17.1 Å². The van der Waals surface area contributed by atoms with Gasteiger partial charge in [0, 0.05) is 73.0 Å². The summed E-state index contributed by atoms with van der Waals surface area (Å²) >= 11 is 0. The Labute approximate surface area is 527 Å². The standard InChI is InChI=1S/C84H68N4O2/c1-7-57-23-9-15-33-70(57)84(79-51(3)36-45-61(54(79)6)60-24-10-8-20-50(60)2)71-46-75(87(58-41-37-55(48-85)38-42-58)73-34-18-31-68-66-29-16-21-52(4)80(66)89-82(68)73)62-25-11-13-27-64(62)77(71)78-65-28-14-12-26-63(65)76(47-72(78)84)88(59-43-39-56(49-86)40-44-59)74-35-19-32-69-67-30-17-22-53(5)81(67)90-83(69)74/h8-43,45-47,51,59,71,74,77,79,83H,7,44H2,1-6H3. The van der Waals surface area contributed by atoms with Gasteiger partial charge >= 0.3 is 0 Å². The summed E-state index contributed by atoms with van der Waals surface area (Å²) < 4.78 is 14.5. The maximum atomic E-state index is 10.4. The van der Waals surface area contributed by atoms with Crippen molar-refractivity contribution in [2.75, 3.05) is 9.80 Å². The Balaban J connectivity index is 1.05. The van der Waals surface area contributed by atoms with Gasteiger partial charge in [-0.25, -0.2) is 0 Å². The van der Waals surface area contributed by atoms with E-state index in [1.165, 1.54) is 66.4 Å². The van der Waals surface area contributed by atoms with Crippen LogP contribution in [0, 0.1) is 61.2 Å². The molecule has 8 atom stereocenters. The van der Waals surface area contributed by atoms with E-state index in [-0.39, 0.29) is 41.9 Å². The average molecular weight is 1170 g/mol. The number of nitriles is 2. The summed E-state index contributed by atoms with van der Waals surface area (Å²) in [6.45, 7) is 13.8. The van der Waals surface area contributed by atoms with E-state index in [9.17, 15) is 10.5 Å². The highest BCUT2D eigenvalue weighted by molar-refractivity contribution is 6.12. The van der Waals surface area contributed by atoms with Crippen molar-refractivity contribution < 1.29 is 9.15 Å². The number of ether oxygens (including phenoxy) is 1. The molecule has 9 aromatic carbocycles. The summed E-state index contributed by atoms with van der Waals surface area (Å²) in [5, 5.41) is 25.2. The van der Waals surface area contributed by atoms with Crippen molar-refractivity contribution in [1.29, 1.82) is 10.5 Å². The SMILES string of the molecule is CCc1ccccc1C1(C2C(C)=C(c3ccccc3C)C=CC2C)c2cc(N(C3C=CC(C#N)=CC3)C3C=CC=C4c5cccc(C)c5OC43)c3ccccc3c2C2c3ccccc3C(N(c3ccc(C#N)cc3)c3cccc4c3oc3c(C)cccc34)=CC21. The molecular weight excluding hydrogens is 1100 g/mol. The third-order valence-electron chi connectivity index (χ3n) is 20.9. The maximum Gasteiger partial charge on any atom is 0.159 e. The number of hydrogen-bond donors (Lipinski definition) is 0. The zero-order valence-electron chi connectivity index (χ0n) is 51.6. The van der Waals surface area contributed by atoms with Gasteiger partial charge in [0.25, 0.3) is 0 Å². The van der Waals surface area contributed by atoms with Crippen molar-refractivity contribution >= 4 is 66.6 Å². The third-order valence-corrected chi connectivity index (χ3v) is 20.9. The molecule has 90 heavy (non-hydrogen) atoms. The van der Waals surface area contributed by atoms with Gasteiger partial charge in [-0.3, -0.25) is 0 Å². The minimum Gasteiger partial charge on any atom is -0.482 e. The van der Waals surface area contributed by atoms with E-state index in [2.05, 4.69) is 282 Å². The molecule has 0 bridgehead atoms. The van der Waals surface area contributed by atoms with Crippen molar-refractivity contribution in [1.82, 2.24) is 0 Å². The van der Waals surface area contributed by atoms with Crippen molar-refractivity contribution in [2.24, 2.45) is 17.8 Å². The second-order valence-electron chi connectivity index (χ2n) is 25.6. The molecule has 2 heterocycles. The molecule has 436 valence electrons. The Morgan fingerprint density at radius 2 is 1.32 bits per heavy atom. The molecular formula is C84H68N4O2. The molecule has 10 aromatic rings. The lowest BCUT2D eigenvalue weighted by Gasteiger charge is -2.50. The number of benzene rings is 9. The van der Waals surface area contributed by atoms with Gasteiger partial charge in [-0.05, 0) is 150 Å². The fourth-order valence-electron chi connectivity index (χ4n) is 17.1. The zero-order valence-corrected chi connectivity index (χ0v) is 51.6. The lowest BCUT2D eigenvalue weighted by Crippen LogP contribution is -2.50. The van der Waals surface area contributed by atoms with Crippen LogP contribution >= 0.6 is 0 Å². The van der Waals surface area contributed by atoms with Crippen LogP contribution in [0.25, 0.3) is 49.6 Å². The first-order chi connectivity index (χ1) is 44.1. The second kappa shape index (κ2) is 21.4. The molecule has 6 heteroatoms. The fraction of sp³-hybridized carbons (Fsp3) is 0.190. The first kappa shape index (κ1) is 55.0. The number of anilines is 3. The summed E-state index contributed by atoms with van der Waals surface area (Å²) in [6.07, 6.45) is 22.1. The highest BCUT2D eigenvalue weighted by Gasteiger charge is 2.61. The van der Waals surface area contributed by atoms with Crippen molar-refractivity contribution in [3.05, 3.63) is 315 Å². The number of furan rings is 1. The molecule has 1 aliphatic heterocycles. The van der Waals surface area contributed by atoms with Crippen LogP contribution in [0.3, 0.4) is 0 Å². The normalized spacial score (nSPS) is 22.6. The van der Waals surface area contributed by atoms with Gasteiger partial charge in [0.15, 0.2) is 5.58 Å². The molecule has 0 spiro atoms. The largest absolute Gasteiger partial charge is 0.482 e. The molecule has 0 amide bonds. The summed E-state index contributed by atoms with van der Waals surface area (Å²) in [7, 11) is 0. The van der Waals surface area contributed by atoms with Crippen molar-refractivity contribution in [3.8, 4) is 17.9 Å². The van der Waals surface area contributed by atoms with Crippen molar-refractivity contribution in [3.63, 3.8) is 0 Å². The van der Waals surface area contributed by atoms with Gasteiger partial charge in [-0.15, -0.1) is 0 Å². The second-order valence-corrected chi connectivity index (χ2v) is 25.6.